The molecular formula is C21H13F2N5. The van der Waals surface area contributed by atoms with Crippen molar-refractivity contribution in [3.63, 3.8) is 0 Å². The molecule has 0 aliphatic rings. The maximum Gasteiger partial charge on any atom is 0.179 e. The van der Waals surface area contributed by atoms with Crippen LogP contribution in [-0.4, -0.2) is 25.0 Å². The van der Waals surface area contributed by atoms with Gasteiger partial charge in [0.15, 0.2) is 5.65 Å². The molecule has 5 rings (SSSR count). The number of hydrogen-bond donors (Lipinski definition) is 0. The highest BCUT2D eigenvalue weighted by atomic mass is 19.1. The summed E-state index contributed by atoms with van der Waals surface area (Å²) in [7, 11) is 0. The number of benzene rings is 2. The molecule has 0 spiro atoms. The molecule has 5 nitrogen and oxygen atoms in total. The van der Waals surface area contributed by atoms with Crippen LogP contribution in [0.4, 0.5) is 8.78 Å². The minimum Gasteiger partial charge on any atom is -0.256 e. The van der Waals surface area contributed by atoms with Crippen LogP contribution in [0, 0.1) is 11.6 Å². The lowest BCUT2D eigenvalue weighted by Crippen LogP contribution is -2.05. The van der Waals surface area contributed by atoms with Crippen molar-refractivity contribution >= 4 is 22.1 Å². The van der Waals surface area contributed by atoms with Crippen molar-refractivity contribution in [3.05, 3.63) is 84.1 Å². The lowest BCUT2D eigenvalue weighted by Gasteiger charge is -2.07. The van der Waals surface area contributed by atoms with E-state index in [2.05, 4.69) is 20.3 Å². The van der Waals surface area contributed by atoms with Gasteiger partial charge in [0.25, 0.3) is 0 Å². The Kier molecular flexibility index (Phi) is 3.79. The molecule has 0 amide bonds. The molecule has 0 saturated heterocycles. The molecule has 5 aromatic rings. The van der Waals surface area contributed by atoms with Crippen molar-refractivity contribution in [1.29, 1.82) is 0 Å². The standard InChI is InChI=1S/C21H13F2N5/c22-16-5-1-3-14(10-16)18-6-7-19-21(25-18)28(27-26-19)12-15-9-13-4-2-8-24-20(13)11-17(15)23/h1-11H,12H2. The second-order valence-electron chi connectivity index (χ2n) is 6.44. The summed E-state index contributed by atoms with van der Waals surface area (Å²) < 4.78 is 29.6. The Hall–Kier alpha value is -3.74. The van der Waals surface area contributed by atoms with E-state index in [1.807, 2.05) is 12.1 Å². The molecule has 0 aliphatic heterocycles. The van der Waals surface area contributed by atoms with E-state index in [4.69, 9.17) is 0 Å². The molecule has 0 fully saturated rings. The number of pyridine rings is 2. The zero-order valence-electron chi connectivity index (χ0n) is 14.5. The van der Waals surface area contributed by atoms with Crippen LogP contribution in [0.5, 0.6) is 0 Å². The molecule has 3 heterocycles. The number of nitrogens with zero attached hydrogens (tertiary/aromatic N) is 5. The van der Waals surface area contributed by atoms with E-state index in [1.54, 1.807) is 41.2 Å². The summed E-state index contributed by atoms with van der Waals surface area (Å²) in [6, 6.07) is 16.6. The van der Waals surface area contributed by atoms with Gasteiger partial charge >= 0.3 is 0 Å². The summed E-state index contributed by atoms with van der Waals surface area (Å²) in [5.74, 6) is -0.700. The van der Waals surface area contributed by atoms with Crippen molar-refractivity contribution in [2.75, 3.05) is 0 Å². The van der Waals surface area contributed by atoms with Crippen LogP contribution in [0.15, 0.2) is 66.9 Å². The second-order valence-corrected chi connectivity index (χ2v) is 6.44. The zero-order valence-corrected chi connectivity index (χ0v) is 14.5. The molecule has 28 heavy (non-hydrogen) atoms. The van der Waals surface area contributed by atoms with Gasteiger partial charge in [-0.3, -0.25) is 4.98 Å². The van der Waals surface area contributed by atoms with Crippen LogP contribution in [0.1, 0.15) is 5.56 Å². The predicted octanol–water partition coefficient (Wildman–Crippen LogP) is 4.37. The Morgan fingerprint density at radius 1 is 0.893 bits per heavy atom. The first-order valence-corrected chi connectivity index (χ1v) is 8.67. The number of hydrogen-bond acceptors (Lipinski definition) is 4. The van der Waals surface area contributed by atoms with Gasteiger partial charge in [-0.1, -0.05) is 23.4 Å². The van der Waals surface area contributed by atoms with Crippen molar-refractivity contribution in [1.82, 2.24) is 25.0 Å². The second kappa shape index (κ2) is 6.45. The molecular weight excluding hydrogens is 360 g/mol. The topological polar surface area (TPSA) is 56.5 Å². The molecule has 2 aromatic carbocycles. The Morgan fingerprint density at radius 2 is 1.82 bits per heavy atom. The summed E-state index contributed by atoms with van der Waals surface area (Å²) in [6.07, 6.45) is 1.63. The lowest BCUT2D eigenvalue weighted by molar-refractivity contribution is 0.583. The van der Waals surface area contributed by atoms with Crippen LogP contribution in [0.25, 0.3) is 33.3 Å². The van der Waals surface area contributed by atoms with E-state index < -0.39 is 0 Å². The number of aromatic nitrogens is 5. The summed E-state index contributed by atoms with van der Waals surface area (Å²) in [5, 5.41) is 9.06. The van der Waals surface area contributed by atoms with Gasteiger partial charge in [-0.05, 0) is 36.4 Å². The van der Waals surface area contributed by atoms with Gasteiger partial charge in [-0.25, -0.2) is 18.4 Å². The zero-order chi connectivity index (χ0) is 19.1. The molecule has 7 heteroatoms. The van der Waals surface area contributed by atoms with E-state index in [0.29, 0.717) is 33.5 Å². The normalized spacial score (nSPS) is 11.4. The van der Waals surface area contributed by atoms with E-state index in [9.17, 15) is 8.78 Å². The Balaban J connectivity index is 1.58. The summed E-state index contributed by atoms with van der Waals surface area (Å²) >= 11 is 0. The maximum atomic E-state index is 14.5. The van der Waals surface area contributed by atoms with Gasteiger partial charge in [0, 0.05) is 28.8 Å². The van der Waals surface area contributed by atoms with E-state index in [-0.39, 0.29) is 18.2 Å². The third kappa shape index (κ3) is 2.87. The highest BCUT2D eigenvalue weighted by Crippen LogP contribution is 2.22. The third-order valence-electron chi connectivity index (χ3n) is 4.57. The Labute approximate surface area is 158 Å². The Bertz CT molecular complexity index is 1330. The molecule has 0 atom stereocenters. The molecule has 0 bridgehead atoms. The monoisotopic (exact) mass is 373 g/mol. The molecule has 3 aromatic heterocycles. The fraction of sp³-hybridized carbons (Fsp3) is 0.0476. The van der Waals surface area contributed by atoms with Gasteiger partial charge in [-0.2, -0.15) is 0 Å². The number of fused-ring (bicyclic) bond motifs is 2. The average molecular weight is 373 g/mol. The van der Waals surface area contributed by atoms with Crippen LogP contribution in [-0.2, 0) is 6.54 Å². The van der Waals surface area contributed by atoms with Gasteiger partial charge in [0.05, 0.1) is 17.8 Å². The quantitative estimate of drug-likeness (QED) is 0.471. The fourth-order valence-corrected chi connectivity index (χ4v) is 3.19. The van der Waals surface area contributed by atoms with Crippen molar-refractivity contribution < 1.29 is 8.78 Å². The number of halogens is 2. The van der Waals surface area contributed by atoms with Gasteiger partial charge in [0.2, 0.25) is 0 Å². The van der Waals surface area contributed by atoms with Crippen LogP contribution < -0.4 is 0 Å². The highest BCUT2D eigenvalue weighted by molar-refractivity contribution is 5.79. The van der Waals surface area contributed by atoms with Crippen LogP contribution >= 0.6 is 0 Å². The average Bonchev–Trinajstić information content (AvgIpc) is 3.10. The van der Waals surface area contributed by atoms with Crippen molar-refractivity contribution in [3.8, 4) is 11.3 Å². The minimum atomic E-state index is -0.365. The van der Waals surface area contributed by atoms with Crippen molar-refractivity contribution in [2.45, 2.75) is 6.54 Å². The molecule has 0 saturated carbocycles. The predicted molar refractivity (Wildman–Crippen MR) is 102 cm³/mol. The first-order chi connectivity index (χ1) is 13.7. The largest absolute Gasteiger partial charge is 0.256 e. The smallest absolute Gasteiger partial charge is 0.179 e. The highest BCUT2D eigenvalue weighted by Gasteiger charge is 2.12. The minimum absolute atomic E-state index is 0.173. The van der Waals surface area contributed by atoms with Crippen LogP contribution in [0.3, 0.4) is 0 Å². The first-order valence-electron chi connectivity index (χ1n) is 8.67. The van der Waals surface area contributed by atoms with Gasteiger partial charge in [0.1, 0.15) is 17.2 Å². The molecule has 136 valence electrons. The molecule has 0 aliphatic carbocycles. The van der Waals surface area contributed by atoms with E-state index in [0.717, 1.165) is 5.39 Å². The summed E-state index contributed by atoms with van der Waals surface area (Å²) in [6.45, 7) is 0.173. The van der Waals surface area contributed by atoms with E-state index in [1.165, 1.54) is 18.2 Å². The fourth-order valence-electron chi connectivity index (χ4n) is 3.19. The lowest BCUT2D eigenvalue weighted by atomic mass is 10.1. The van der Waals surface area contributed by atoms with Crippen molar-refractivity contribution in [2.24, 2.45) is 0 Å². The van der Waals surface area contributed by atoms with Gasteiger partial charge in [-0.15, -0.1) is 5.10 Å². The maximum absolute atomic E-state index is 14.5. The summed E-state index contributed by atoms with van der Waals surface area (Å²) in [4.78, 5) is 8.74. The number of rotatable bonds is 3. The molecule has 0 N–H and O–H groups in total. The summed E-state index contributed by atoms with van der Waals surface area (Å²) in [5.41, 5.74) is 3.40. The molecule has 0 unspecified atom stereocenters. The molecule has 0 radical (unpaired) electrons. The van der Waals surface area contributed by atoms with Gasteiger partial charge < -0.3 is 0 Å². The first kappa shape index (κ1) is 16.4. The SMILES string of the molecule is Fc1cccc(-c2ccc3nnn(Cc4cc5cccnc5cc4F)c3n2)c1. The van der Waals surface area contributed by atoms with Crippen LogP contribution in [0.2, 0.25) is 0 Å². The Morgan fingerprint density at radius 3 is 2.71 bits per heavy atom. The third-order valence-corrected chi connectivity index (χ3v) is 4.57. The van der Waals surface area contributed by atoms with E-state index >= 15 is 0 Å².